The number of fused-ring (bicyclic) bond motifs is 1. The lowest BCUT2D eigenvalue weighted by Crippen LogP contribution is -2.12. The highest BCUT2D eigenvalue weighted by molar-refractivity contribution is 5.97. The molecule has 0 atom stereocenters. The number of alkyl halides is 3. The van der Waals surface area contributed by atoms with Crippen molar-refractivity contribution >= 4 is 17.7 Å². The van der Waals surface area contributed by atoms with Gasteiger partial charge in [0.2, 0.25) is 0 Å². The molecule has 0 unspecified atom stereocenters. The van der Waals surface area contributed by atoms with Crippen LogP contribution in [-0.2, 0) is 25.4 Å². The molecule has 2 aromatic heterocycles. The van der Waals surface area contributed by atoms with Crippen molar-refractivity contribution in [1.29, 1.82) is 0 Å². The Morgan fingerprint density at radius 1 is 0.973 bits per heavy atom. The van der Waals surface area contributed by atoms with E-state index in [1.54, 1.807) is 18.3 Å². The minimum atomic E-state index is -4.65. The zero-order chi connectivity index (χ0) is 26.2. The molecule has 5 rings (SSSR count). The van der Waals surface area contributed by atoms with Gasteiger partial charge in [-0.15, -0.1) is 0 Å². The van der Waals surface area contributed by atoms with E-state index in [9.17, 15) is 22.4 Å². The van der Waals surface area contributed by atoms with E-state index in [1.165, 1.54) is 24.7 Å². The number of halogens is 5. The molecule has 0 radical (unpaired) electrons. The summed E-state index contributed by atoms with van der Waals surface area (Å²) < 4.78 is 69.1. The first-order chi connectivity index (χ1) is 17.7. The number of Topliss-reactive ketones (excluding diaryl/α,β-unsaturated/α-hetero) is 1. The Morgan fingerprint density at radius 3 is 2.62 bits per heavy atom. The Balaban J connectivity index is 1.46. The first-order valence-electron chi connectivity index (χ1n) is 11.2. The van der Waals surface area contributed by atoms with Crippen LogP contribution in [0.25, 0.3) is 11.3 Å². The van der Waals surface area contributed by atoms with Crippen LogP contribution >= 0.6 is 0 Å². The van der Waals surface area contributed by atoms with Crippen LogP contribution < -0.4 is 0 Å². The van der Waals surface area contributed by atoms with Gasteiger partial charge in [0.25, 0.3) is 0 Å². The third-order valence-electron chi connectivity index (χ3n) is 6.02. The smallest absolute Gasteiger partial charge is 0.294 e. The number of aliphatic imine (C=N–C) groups is 1. The monoisotopic (exact) mass is 508 g/mol. The summed E-state index contributed by atoms with van der Waals surface area (Å²) in [6, 6.07) is 9.50. The third-order valence-corrected chi connectivity index (χ3v) is 6.02. The number of hydrogen-bond acceptors (Lipinski definition) is 5. The molecule has 1 aliphatic heterocycles. The maximum Gasteiger partial charge on any atom is 0.416 e. The van der Waals surface area contributed by atoms with Crippen molar-refractivity contribution in [1.82, 2.24) is 15.0 Å². The number of benzene rings is 2. The van der Waals surface area contributed by atoms with E-state index < -0.39 is 41.1 Å². The minimum absolute atomic E-state index is 0.0461. The fourth-order valence-electron chi connectivity index (χ4n) is 4.17. The van der Waals surface area contributed by atoms with E-state index in [4.69, 9.17) is 0 Å². The van der Waals surface area contributed by atoms with Crippen LogP contribution in [0, 0.1) is 11.6 Å². The van der Waals surface area contributed by atoms with Gasteiger partial charge in [0, 0.05) is 48.4 Å². The maximum absolute atomic E-state index is 15.5. The minimum Gasteiger partial charge on any atom is -0.294 e. The average Bonchev–Trinajstić information content (AvgIpc) is 3.37. The van der Waals surface area contributed by atoms with Crippen LogP contribution in [0.2, 0.25) is 0 Å². The predicted octanol–water partition coefficient (Wildman–Crippen LogP) is 6.11. The standard InChI is InChI=1S/C27H17F5N4O/c28-20-7-6-16(24(29)19(20)13-23(37)15-3-1-4-17(11-15)27(30,31)32)12-22-18(5-2-9-33-22)25-26-21(8-10-34-26)35-14-36-25/h1-7,9-11,14H,8,12-13H2. The molecule has 0 spiro atoms. The van der Waals surface area contributed by atoms with Gasteiger partial charge in [0.1, 0.15) is 29.3 Å². The van der Waals surface area contributed by atoms with Crippen molar-refractivity contribution in [3.63, 3.8) is 0 Å². The van der Waals surface area contributed by atoms with Gasteiger partial charge in [-0.2, -0.15) is 13.2 Å². The Morgan fingerprint density at radius 2 is 1.81 bits per heavy atom. The first kappa shape index (κ1) is 24.4. The van der Waals surface area contributed by atoms with Crippen molar-refractivity contribution in [3.8, 4) is 11.3 Å². The molecule has 1 aliphatic rings. The molecule has 0 fully saturated rings. The predicted molar refractivity (Wildman–Crippen MR) is 126 cm³/mol. The van der Waals surface area contributed by atoms with Crippen LogP contribution in [-0.4, -0.2) is 26.9 Å². The van der Waals surface area contributed by atoms with E-state index in [0.717, 1.165) is 23.9 Å². The number of nitrogens with zero attached hydrogens (tertiary/aromatic N) is 4. The zero-order valence-corrected chi connectivity index (χ0v) is 19.1. The molecular formula is C27H17F5N4O. The Labute approximate surface area is 207 Å². The van der Waals surface area contributed by atoms with E-state index in [0.29, 0.717) is 35.1 Å². The molecule has 0 aliphatic carbocycles. The van der Waals surface area contributed by atoms with Crippen LogP contribution in [0.3, 0.4) is 0 Å². The molecule has 0 bridgehead atoms. The van der Waals surface area contributed by atoms with Gasteiger partial charge in [0.15, 0.2) is 5.78 Å². The highest BCUT2D eigenvalue weighted by Crippen LogP contribution is 2.35. The highest BCUT2D eigenvalue weighted by atomic mass is 19.4. The average molecular weight is 508 g/mol. The van der Waals surface area contributed by atoms with Gasteiger partial charge >= 0.3 is 6.18 Å². The summed E-state index contributed by atoms with van der Waals surface area (Å²) in [6.45, 7) is 0. The number of rotatable bonds is 6. The molecule has 0 saturated carbocycles. The molecule has 4 aromatic rings. The Hall–Kier alpha value is -4.34. The van der Waals surface area contributed by atoms with Crippen molar-refractivity contribution in [3.05, 3.63) is 106 Å². The fraction of sp³-hybridized carbons (Fsp3) is 0.148. The van der Waals surface area contributed by atoms with Crippen LogP contribution in [0.5, 0.6) is 0 Å². The van der Waals surface area contributed by atoms with Gasteiger partial charge in [-0.25, -0.2) is 18.7 Å². The second-order valence-electron chi connectivity index (χ2n) is 8.39. The summed E-state index contributed by atoms with van der Waals surface area (Å²) in [6.07, 6.45) is -0.213. The summed E-state index contributed by atoms with van der Waals surface area (Å²) in [5, 5.41) is 0. The fourth-order valence-corrected chi connectivity index (χ4v) is 4.17. The van der Waals surface area contributed by atoms with Crippen LogP contribution in [0.1, 0.15) is 38.4 Å². The molecule has 5 nitrogen and oxygen atoms in total. The second kappa shape index (κ2) is 9.61. The largest absolute Gasteiger partial charge is 0.416 e. The quantitative estimate of drug-likeness (QED) is 0.233. The summed E-state index contributed by atoms with van der Waals surface area (Å²) in [4.78, 5) is 29.9. The van der Waals surface area contributed by atoms with Gasteiger partial charge in [0.05, 0.1) is 17.0 Å². The van der Waals surface area contributed by atoms with Crippen LogP contribution in [0.4, 0.5) is 27.6 Å². The molecule has 0 amide bonds. The van der Waals surface area contributed by atoms with E-state index >= 15 is 4.39 Å². The zero-order valence-electron chi connectivity index (χ0n) is 19.1. The highest BCUT2D eigenvalue weighted by Gasteiger charge is 2.31. The van der Waals surface area contributed by atoms with E-state index in [2.05, 4.69) is 19.9 Å². The summed E-state index contributed by atoms with van der Waals surface area (Å²) in [7, 11) is 0. The number of ketones is 1. The number of pyridine rings is 1. The molecule has 0 saturated heterocycles. The van der Waals surface area contributed by atoms with Gasteiger partial charge in [-0.3, -0.25) is 14.8 Å². The first-order valence-corrected chi connectivity index (χ1v) is 11.2. The summed E-state index contributed by atoms with van der Waals surface area (Å²) >= 11 is 0. The summed E-state index contributed by atoms with van der Waals surface area (Å²) in [5.74, 6) is -2.76. The normalized spacial score (nSPS) is 12.6. The van der Waals surface area contributed by atoms with Gasteiger partial charge in [-0.05, 0) is 35.9 Å². The van der Waals surface area contributed by atoms with Crippen molar-refractivity contribution < 1.29 is 26.7 Å². The lowest BCUT2D eigenvalue weighted by molar-refractivity contribution is -0.137. The number of carbonyl (C=O) groups is 1. The number of hydrogen-bond donors (Lipinski definition) is 0. The Kier molecular flexibility index (Phi) is 6.32. The molecule has 0 N–H and O–H groups in total. The SMILES string of the molecule is O=C(Cc1c(F)ccc(Cc2ncccc2-c2ncnc3c2N=CC3)c1F)c1cccc(C(F)(F)F)c1. The molecule has 186 valence electrons. The van der Waals surface area contributed by atoms with Crippen molar-refractivity contribution in [2.45, 2.75) is 25.4 Å². The lowest BCUT2D eigenvalue weighted by atomic mass is 9.96. The maximum atomic E-state index is 15.5. The van der Waals surface area contributed by atoms with E-state index in [1.807, 2.05) is 0 Å². The topological polar surface area (TPSA) is 68.1 Å². The number of carbonyl (C=O) groups excluding carboxylic acids is 1. The molecular weight excluding hydrogens is 491 g/mol. The lowest BCUT2D eigenvalue weighted by Gasteiger charge is -2.13. The molecule has 37 heavy (non-hydrogen) atoms. The number of aromatic nitrogens is 3. The van der Waals surface area contributed by atoms with E-state index in [-0.39, 0.29) is 17.5 Å². The summed E-state index contributed by atoms with van der Waals surface area (Å²) in [5.41, 5.74) is 1.18. The molecule has 10 heteroatoms. The molecule has 2 aromatic carbocycles. The van der Waals surface area contributed by atoms with Crippen molar-refractivity contribution in [2.24, 2.45) is 4.99 Å². The van der Waals surface area contributed by atoms with Crippen LogP contribution in [0.15, 0.2) is 66.0 Å². The van der Waals surface area contributed by atoms with Gasteiger partial charge < -0.3 is 0 Å². The third kappa shape index (κ3) is 4.87. The van der Waals surface area contributed by atoms with Crippen molar-refractivity contribution in [2.75, 3.05) is 0 Å². The van der Waals surface area contributed by atoms with Gasteiger partial charge in [-0.1, -0.05) is 18.2 Å². The Bertz CT molecular complexity index is 1550. The molecule has 3 heterocycles. The second-order valence-corrected chi connectivity index (χ2v) is 8.39.